The Balaban J connectivity index is 1.28. The number of para-hydroxylation sites is 1. The largest absolute Gasteiger partial charge is 0.511 e. The van der Waals surface area contributed by atoms with Crippen molar-refractivity contribution in [3.63, 3.8) is 0 Å². The summed E-state index contributed by atoms with van der Waals surface area (Å²) in [7, 11) is 0. The predicted octanol–water partition coefficient (Wildman–Crippen LogP) is 7.20. The van der Waals surface area contributed by atoms with Crippen LogP contribution in [0.2, 0.25) is 5.15 Å². The number of carbonyl (C=O) groups excluding carboxylic acids is 2. The number of unbranched alkanes of at least 4 members (excludes halogenated alkanes) is 1. The molecule has 0 aliphatic heterocycles. The minimum absolute atomic E-state index is 0.0124. The molecular formula is C34H36ClN5O7. The number of aromatic nitrogens is 5. The van der Waals surface area contributed by atoms with Crippen LogP contribution in [-0.4, -0.2) is 48.8 Å². The highest BCUT2D eigenvalue weighted by atomic mass is 35.5. The Hall–Kier alpha value is -4.84. The SMILES string of the molecule is CCCCc1nc(Cl)c(C(=O)OC(C)OC(=O)OC2CCCCC2)n1Cc1cccc2c1ccn2-c1ccccc1-c1noc(=O)[nH]1. The number of fused-ring (bicyclic) bond motifs is 1. The van der Waals surface area contributed by atoms with Gasteiger partial charge in [0.15, 0.2) is 16.7 Å². The molecule has 1 N–H and O–H groups in total. The number of hydrogen-bond acceptors (Lipinski definition) is 9. The maximum atomic E-state index is 13.5. The summed E-state index contributed by atoms with van der Waals surface area (Å²) in [5, 5.41) is 4.82. The first kappa shape index (κ1) is 32.1. The van der Waals surface area contributed by atoms with Gasteiger partial charge in [-0.05, 0) is 61.9 Å². The van der Waals surface area contributed by atoms with Crippen molar-refractivity contribution in [2.24, 2.45) is 0 Å². The van der Waals surface area contributed by atoms with E-state index in [-0.39, 0.29) is 23.5 Å². The molecule has 13 heteroatoms. The molecule has 6 rings (SSSR count). The summed E-state index contributed by atoms with van der Waals surface area (Å²) in [4.78, 5) is 44.7. The van der Waals surface area contributed by atoms with Gasteiger partial charge in [0.1, 0.15) is 11.9 Å². The van der Waals surface area contributed by atoms with Gasteiger partial charge in [-0.15, -0.1) is 0 Å². The van der Waals surface area contributed by atoms with Crippen molar-refractivity contribution in [1.29, 1.82) is 0 Å². The molecule has 0 radical (unpaired) electrons. The van der Waals surface area contributed by atoms with E-state index in [2.05, 4.69) is 22.0 Å². The second kappa shape index (κ2) is 14.3. The van der Waals surface area contributed by atoms with E-state index < -0.39 is 24.2 Å². The lowest BCUT2D eigenvalue weighted by Crippen LogP contribution is -2.27. The summed E-state index contributed by atoms with van der Waals surface area (Å²) in [6.45, 7) is 3.82. The van der Waals surface area contributed by atoms with Gasteiger partial charge in [-0.2, -0.15) is 0 Å². The molecule has 12 nitrogen and oxygen atoms in total. The molecule has 2 aromatic carbocycles. The van der Waals surface area contributed by atoms with Crippen LogP contribution in [0.25, 0.3) is 28.0 Å². The fraction of sp³-hybridized carbons (Fsp3) is 0.382. The number of carbonyl (C=O) groups is 2. The van der Waals surface area contributed by atoms with Crippen LogP contribution in [0.15, 0.2) is 64.0 Å². The molecule has 1 aliphatic carbocycles. The molecule has 1 aliphatic rings. The van der Waals surface area contributed by atoms with Crippen LogP contribution in [-0.2, 0) is 27.2 Å². The van der Waals surface area contributed by atoms with Gasteiger partial charge < -0.3 is 23.3 Å². The maximum Gasteiger partial charge on any atom is 0.511 e. The standard InChI is InChI=1S/C34H36ClN5O7/c1-3-4-17-28-36-30(35)29(32(41)44-21(2)45-34(43)46-23-12-6-5-7-13-23)40(28)20-22-11-10-16-26-24(22)18-19-39(26)27-15-9-8-14-25(27)31-37-33(42)47-38-31/h8-11,14-16,18-19,21,23H,3-7,12-13,17,20H2,1-2H3,(H,37,38,42). The topological polar surface area (TPSA) is 143 Å². The van der Waals surface area contributed by atoms with Crippen molar-refractivity contribution in [3.8, 4) is 17.1 Å². The van der Waals surface area contributed by atoms with E-state index >= 15 is 0 Å². The van der Waals surface area contributed by atoms with Gasteiger partial charge in [0.25, 0.3) is 0 Å². The fourth-order valence-electron chi connectivity index (χ4n) is 6.05. The zero-order chi connectivity index (χ0) is 32.9. The molecule has 3 heterocycles. The summed E-state index contributed by atoms with van der Waals surface area (Å²) in [6, 6.07) is 15.4. The number of H-pyrrole nitrogens is 1. The van der Waals surface area contributed by atoms with Crippen LogP contribution >= 0.6 is 11.6 Å². The zero-order valence-corrected chi connectivity index (χ0v) is 27.0. The van der Waals surface area contributed by atoms with Crippen LogP contribution in [0.3, 0.4) is 0 Å². The highest BCUT2D eigenvalue weighted by Crippen LogP contribution is 2.31. The van der Waals surface area contributed by atoms with E-state index in [0.717, 1.165) is 67.1 Å². The van der Waals surface area contributed by atoms with E-state index in [1.165, 1.54) is 6.92 Å². The Morgan fingerprint density at radius 1 is 1.09 bits per heavy atom. The Kier molecular flexibility index (Phi) is 9.76. The first-order chi connectivity index (χ1) is 22.8. The number of benzene rings is 2. The minimum Gasteiger partial charge on any atom is -0.431 e. The van der Waals surface area contributed by atoms with E-state index in [1.807, 2.05) is 59.3 Å². The molecule has 5 aromatic rings. The number of hydrogen-bond donors (Lipinski definition) is 1. The van der Waals surface area contributed by atoms with Crippen molar-refractivity contribution >= 4 is 34.6 Å². The lowest BCUT2D eigenvalue weighted by molar-refractivity contribution is -0.0918. The second-order valence-corrected chi connectivity index (χ2v) is 11.9. The molecular weight excluding hydrogens is 626 g/mol. The number of aromatic amines is 1. The number of rotatable bonds is 11. The average molecular weight is 662 g/mol. The summed E-state index contributed by atoms with van der Waals surface area (Å²) < 4.78 is 24.7. The smallest absolute Gasteiger partial charge is 0.431 e. The summed E-state index contributed by atoms with van der Waals surface area (Å²) in [6.07, 6.45) is 6.77. The predicted molar refractivity (Wildman–Crippen MR) is 174 cm³/mol. The molecule has 3 aromatic heterocycles. The quantitative estimate of drug-likeness (QED) is 0.115. The Morgan fingerprint density at radius 3 is 2.66 bits per heavy atom. The monoisotopic (exact) mass is 661 g/mol. The second-order valence-electron chi connectivity index (χ2n) is 11.6. The summed E-state index contributed by atoms with van der Waals surface area (Å²) >= 11 is 6.58. The molecule has 246 valence electrons. The van der Waals surface area contributed by atoms with Crippen LogP contribution in [0, 0.1) is 0 Å². The molecule has 0 spiro atoms. The summed E-state index contributed by atoms with van der Waals surface area (Å²) in [5.41, 5.74) is 3.36. The fourth-order valence-corrected chi connectivity index (χ4v) is 6.33. The van der Waals surface area contributed by atoms with Crippen molar-refractivity contribution in [2.45, 2.75) is 84.2 Å². The van der Waals surface area contributed by atoms with Crippen LogP contribution in [0.1, 0.15) is 80.7 Å². The molecule has 1 unspecified atom stereocenters. The lowest BCUT2D eigenvalue weighted by Gasteiger charge is -2.22. The highest BCUT2D eigenvalue weighted by molar-refractivity contribution is 6.32. The van der Waals surface area contributed by atoms with E-state index in [1.54, 1.807) is 4.57 Å². The van der Waals surface area contributed by atoms with Crippen molar-refractivity contribution in [2.75, 3.05) is 0 Å². The van der Waals surface area contributed by atoms with Crippen molar-refractivity contribution in [3.05, 3.63) is 87.5 Å². The number of esters is 1. The molecule has 0 bridgehead atoms. The van der Waals surface area contributed by atoms with Crippen molar-refractivity contribution < 1.29 is 28.3 Å². The molecule has 0 amide bonds. The number of imidazole rings is 1. The van der Waals surface area contributed by atoms with E-state index in [9.17, 15) is 14.4 Å². The average Bonchev–Trinajstić information content (AvgIpc) is 3.77. The molecule has 0 saturated heterocycles. The third-order valence-electron chi connectivity index (χ3n) is 8.31. The number of nitrogens with one attached hydrogen (secondary N) is 1. The van der Waals surface area contributed by atoms with Gasteiger partial charge in [0, 0.05) is 30.5 Å². The normalized spacial score (nSPS) is 14.3. The van der Waals surface area contributed by atoms with Crippen LogP contribution < -0.4 is 5.76 Å². The highest BCUT2D eigenvalue weighted by Gasteiger charge is 2.27. The lowest BCUT2D eigenvalue weighted by atomic mass is 9.98. The van der Waals surface area contributed by atoms with Crippen LogP contribution in [0.5, 0.6) is 0 Å². The van der Waals surface area contributed by atoms with E-state index in [0.29, 0.717) is 23.6 Å². The van der Waals surface area contributed by atoms with Crippen LogP contribution in [0.4, 0.5) is 4.79 Å². The Morgan fingerprint density at radius 2 is 1.89 bits per heavy atom. The molecule has 1 fully saturated rings. The van der Waals surface area contributed by atoms with E-state index in [4.69, 9.17) is 30.3 Å². The number of aryl methyl sites for hydroxylation is 1. The first-order valence-electron chi connectivity index (χ1n) is 15.9. The zero-order valence-electron chi connectivity index (χ0n) is 26.2. The molecule has 1 saturated carbocycles. The van der Waals surface area contributed by atoms with Gasteiger partial charge in [0.05, 0.1) is 17.7 Å². The van der Waals surface area contributed by atoms with Crippen molar-refractivity contribution in [1.82, 2.24) is 24.3 Å². The molecule has 47 heavy (non-hydrogen) atoms. The van der Waals surface area contributed by atoms with Gasteiger partial charge in [-0.25, -0.2) is 19.4 Å². The first-order valence-corrected chi connectivity index (χ1v) is 16.3. The Labute approximate surface area is 275 Å². The summed E-state index contributed by atoms with van der Waals surface area (Å²) in [5.74, 6) is -0.433. The maximum absolute atomic E-state index is 13.5. The number of halogens is 1. The van der Waals surface area contributed by atoms with Gasteiger partial charge in [0.2, 0.25) is 6.29 Å². The number of ether oxygens (including phenoxy) is 3. The molecule has 1 atom stereocenters. The van der Waals surface area contributed by atoms with Gasteiger partial charge >= 0.3 is 17.9 Å². The third-order valence-corrected chi connectivity index (χ3v) is 8.58. The van der Waals surface area contributed by atoms with Gasteiger partial charge in [-0.1, -0.05) is 60.8 Å². The minimum atomic E-state index is -1.20. The number of nitrogens with zero attached hydrogens (tertiary/aromatic N) is 4. The third kappa shape index (κ3) is 7.12. The van der Waals surface area contributed by atoms with Gasteiger partial charge in [-0.3, -0.25) is 9.51 Å². The Bertz CT molecular complexity index is 1930.